The van der Waals surface area contributed by atoms with Crippen LogP contribution in [0, 0.1) is 0 Å². The zero-order valence-electron chi connectivity index (χ0n) is 9.19. The predicted molar refractivity (Wildman–Crippen MR) is 58.0 cm³/mol. The van der Waals surface area contributed by atoms with Crippen LogP contribution in [0.15, 0.2) is 24.4 Å². The quantitative estimate of drug-likeness (QED) is 0.475. The molecule has 0 bridgehead atoms. The van der Waals surface area contributed by atoms with E-state index in [1.54, 1.807) is 29.0 Å². The minimum Gasteiger partial charge on any atom is -0.748 e. The molecule has 1 heterocycles. The van der Waals surface area contributed by atoms with Crippen molar-refractivity contribution in [1.29, 1.82) is 0 Å². The summed E-state index contributed by atoms with van der Waals surface area (Å²) in [7, 11) is -4.25. The number of aliphatic hydroxyl groups is 2. The lowest BCUT2D eigenvalue weighted by atomic mass is 10.2. The maximum atomic E-state index is 10.5. The van der Waals surface area contributed by atoms with E-state index in [4.69, 9.17) is 5.11 Å². The van der Waals surface area contributed by atoms with Gasteiger partial charge < -0.3 is 14.8 Å². The van der Waals surface area contributed by atoms with E-state index in [2.05, 4.69) is 0 Å². The van der Waals surface area contributed by atoms with Gasteiger partial charge in [-0.1, -0.05) is 6.07 Å². The summed E-state index contributed by atoms with van der Waals surface area (Å²) in [6.07, 6.45) is 0.834. The highest BCUT2D eigenvalue weighted by molar-refractivity contribution is 7.85. The van der Waals surface area contributed by atoms with Crippen molar-refractivity contribution in [1.82, 2.24) is 0 Å². The number of hydrogen-bond donors (Lipinski definition) is 2. The Balaban J connectivity index is 2.77. The molecule has 7 heteroatoms. The highest BCUT2D eigenvalue weighted by Crippen LogP contribution is 1.97. The maximum Gasteiger partial charge on any atom is 0.182 e. The monoisotopic (exact) mass is 261 g/mol. The van der Waals surface area contributed by atoms with Crippen LogP contribution in [0.5, 0.6) is 0 Å². The minimum atomic E-state index is -4.25. The number of aromatic nitrogens is 1. The van der Waals surface area contributed by atoms with Gasteiger partial charge >= 0.3 is 0 Å². The van der Waals surface area contributed by atoms with E-state index in [1.165, 1.54) is 0 Å². The van der Waals surface area contributed by atoms with Gasteiger partial charge in [-0.3, -0.25) is 0 Å². The zero-order chi connectivity index (χ0) is 12.9. The van der Waals surface area contributed by atoms with Gasteiger partial charge in [0.15, 0.2) is 18.4 Å². The third kappa shape index (κ3) is 5.22. The molecule has 0 aromatic carbocycles. The summed E-state index contributed by atoms with van der Waals surface area (Å²) < 4.78 is 33.2. The first-order valence-electron chi connectivity index (χ1n) is 5.12. The SMILES string of the molecule is O=S(=O)([O-])CCc1cccc[n+]1CC(O)CO. The summed E-state index contributed by atoms with van der Waals surface area (Å²) >= 11 is 0. The summed E-state index contributed by atoms with van der Waals surface area (Å²) in [5.74, 6) is -0.480. The lowest BCUT2D eigenvalue weighted by Crippen LogP contribution is -2.44. The van der Waals surface area contributed by atoms with Gasteiger partial charge in [0.2, 0.25) is 0 Å². The molecule has 0 radical (unpaired) electrons. The number of aryl methyl sites for hydroxylation is 1. The lowest BCUT2D eigenvalue weighted by molar-refractivity contribution is -0.710. The van der Waals surface area contributed by atoms with E-state index < -0.39 is 22.0 Å². The Hall–Kier alpha value is -1.02. The van der Waals surface area contributed by atoms with Crippen molar-refractivity contribution >= 4 is 10.1 Å². The molecule has 17 heavy (non-hydrogen) atoms. The predicted octanol–water partition coefficient (Wildman–Crippen LogP) is -1.58. The highest BCUT2D eigenvalue weighted by Gasteiger charge is 2.15. The van der Waals surface area contributed by atoms with Crippen molar-refractivity contribution in [3.8, 4) is 0 Å². The summed E-state index contributed by atoms with van der Waals surface area (Å²) in [6.45, 7) is -0.216. The second kappa shape index (κ2) is 6.06. The number of hydrogen-bond acceptors (Lipinski definition) is 5. The fourth-order valence-corrected chi connectivity index (χ4v) is 1.89. The third-order valence-electron chi connectivity index (χ3n) is 2.26. The summed E-state index contributed by atoms with van der Waals surface area (Å²) in [5, 5.41) is 18.1. The second-order valence-electron chi connectivity index (χ2n) is 3.69. The molecule has 1 aromatic rings. The van der Waals surface area contributed by atoms with Gasteiger partial charge in [-0.05, 0) is 0 Å². The van der Waals surface area contributed by atoms with Crippen LogP contribution in [-0.2, 0) is 23.1 Å². The fourth-order valence-electron chi connectivity index (χ4n) is 1.43. The van der Waals surface area contributed by atoms with Gasteiger partial charge in [-0.25, -0.2) is 8.42 Å². The molecule has 6 nitrogen and oxygen atoms in total. The van der Waals surface area contributed by atoms with E-state index in [9.17, 15) is 18.1 Å². The van der Waals surface area contributed by atoms with E-state index >= 15 is 0 Å². The number of nitrogens with zero attached hydrogens (tertiary/aromatic N) is 1. The molecule has 1 unspecified atom stereocenters. The summed E-state index contributed by atoms with van der Waals surface area (Å²) in [5.41, 5.74) is 0.624. The Labute approximate surface area is 99.9 Å². The molecule has 0 spiro atoms. The molecule has 1 atom stereocenters. The van der Waals surface area contributed by atoms with Crippen molar-refractivity contribution in [3.05, 3.63) is 30.1 Å². The average Bonchev–Trinajstić information content (AvgIpc) is 2.26. The van der Waals surface area contributed by atoms with Gasteiger partial charge in [-0.15, -0.1) is 0 Å². The fraction of sp³-hybridized carbons (Fsp3) is 0.500. The first kappa shape index (κ1) is 14.0. The first-order chi connectivity index (χ1) is 7.92. The molecule has 0 aliphatic heterocycles. The van der Waals surface area contributed by atoms with Crippen molar-refractivity contribution in [2.75, 3.05) is 12.4 Å². The minimum absolute atomic E-state index is 0.0881. The maximum absolute atomic E-state index is 10.5. The van der Waals surface area contributed by atoms with Crippen molar-refractivity contribution < 1.29 is 27.8 Å². The molecule has 96 valence electrons. The van der Waals surface area contributed by atoms with Crippen LogP contribution in [-0.4, -0.2) is 41.6 Å². The van der Waals surface area contributed by atoms with E-state index in [0.29, 0.717) is 5.69 Å². The molecular weight excluding hydrogens is 246 g/mol. The van der Waals surface area contributed by atoms with Gasteiger partial charge in [0.1, 0.15) is 6.10 Å². The molecule has 0 saturated carbocycles. The third-order valence-corrected chi connectivity index (χ3v) is 2.97. The normalized spacial score (nSPS) is 13.6. The van der Waals surface area contributed by atoms with Crippen LogP contribution >= 0.6 is 0 Å². The van der Waals surface area contributed by atoms with Gasteiger partial charge in [0.25, 0.3) is 0 Å². The molecule has 1 rings (SSSR count). The number of pyridine rings is 1. The molecule has 2 N–H and O–H groups in total. The standard InChI is InChI=1S/C10H15NO5S/c12-8-10(13)7-11-5-2-1-3-9(11)4-6-17(14,15)16/h1-3,5,10,12-13H,4,6-8H2. The lowest BCUT2D eigenvalue weighted by Gasteiger charge is -2.08. The number of rotatable bonds is 6. The Morgan fingerprint density at radius 1 is 1.41 bits per heavy atom. The smallest absolute Gasteiger partial charge is 0.182 e. The molecule has 0 amide bonds. The Kier molecular flexibility index (Phi) is 5.01. The van der Waals surface area contributed by atoms with Crippen molar-refractivity contribution in [2.45, 2.75) is 19.1 Å². The molecule has 0 fully saturated rings. The molecule has 0 aliphatic rings. The van der Waals surface area contributed by atoms with Crippen LogP contribution in [0.4, 0.5) is 0 Å². The Morgan fingerprint density at radius 3 is 2.71 bits per heavy atom. The number of aliphatic hydroxyl groups excluding tert-OH is 2. The average molecular weight is 261 g/mol. The first-order valence-corrected chi connectivity index (χ1v) is 6.70. The van der Waals surface area contributed by atoms with E-state index in [1.807, 2.05) is 0 Å². The van der Waals surface area contributed by atoms with Crippen molar-refractivity contribution in [2.24, 2.45) is 0 Å². The van der Waals surface area contributed by atoms with Gasteiger partial charge in [-0.2, -0.15) is 4.57 Å². The molecular formula is C10H15NO5S. The van der Waals surface area contributed by atoms with Gasteiger partial charge in [0, 0.05) is 24.3 Å². The molecule has 0 saturated heterocycles. The molecule has 0 aliphatic carbocycles. The summed E-state index contributed by atoms with van der Waals surface area (Å²) in [4.78, 5) is 0. The second-order valence-corrected chi connectivity index (χ2v) is 5.22. The van der Waals surface area contributed by atoms with E-state index in [0.717, 1.165) is 0 Å². The summed E-state index contributed by atoms with van der Waals surface area (Å²) in [6, 6.07) is 5.11. The van der Waals surface area contributed by atoms with Crippen LogP contribution in [0.3, 0.4) is 0 Å². The Bertz CT molecular complexity index is 460. The van der Waals surface area contributed by atoms with E-state index in [-0.39, 0.29) is 19.6 Å². The highest BCUT2D eigenvalue weighted by atomic mass is 32.2. The zero-order valence-corrected chi connectivity index (χ0v) is 10.0. The molecule has 1 aromatic heterocycles. The van der Waals surface area contributed by atoms with Crippen LogP contribution in [0.25, 0.3) is 0 Å². The van der Waals surface area contributed by atoms with Crippen LogP contribution < -0.4 is 4.57 Å². The van der Waals surface area contributed by atoms with Crippen LogP contribution in [0.1, 0.15) is 5.69 Å². The largest absolute Gasteiger partial charge is 0.748 e. The Morgan fingerprint density at radius 2 is 2.12 bits per heavy atom. The van der Waals surface area contributed by atoms with Crippen LogP contribution in [0.2, 0.25) is 0 Å². The topological polar surface area (TPSA) is 102 Å². The van der Waals surface area contributed by atoms with Gasteiger partial charge in [0.05, 0.1) is 16.7 Å². The van der Waals surface area contributed by atoms with Crippen molar-refractivity contribution in [3.63, 3.8) is 0 Å².